The van der Waals surface area contributed by atoms with Crippen molar-refractivity contribution in [3.8, 4) is 0 Å². The molecule has 1 saturated heterocycles. The first kappa shape index (κ1) is 11.1. The van der Waals surface area contributed by atoms with Gasteiger partial charge < -0.3 is 9.67 Å². The van der Waals surface area contributed by atoms with Crippen LogP contribution in [0, 0.1) is 0 Å². The van der Waals surface area contributed by atoms with E-state index in [2.05, 4.69) is 14.8 Å². The zero-order chi connectivity index (χ0) is 11.8. The second-order valence-corrected chi connectivity index (χ2v) is 5.81. The fourth-order valence-corrected chi connectivity index (χ4v) is 3.89. The van der Waals surface area contributed by atoms with Gasteiger partial charge in [0.1, 0.15) is 17.6 Å². The molecular formula is C11H15N3O2S. The highest BCUT2D eigenvalue weighted by Gasteiger charge is 2.33. The van der Waals surface area contributed by atoms with E-state index in [1.807, 2.05) is 11.8 Å². The highest BCUT2D eigenvalue weighted by molar-refractivity contribution is 7.99. The van der Waals surface area contributed by atoms with Gasteiger partial charge in [0.2, 0.25) is 0 Å². The average molecular weight is 253 g/mol. The molecule has 2 unspecified atom stereocenters. The maximum absolute atomic E-state index is 11.2. The first-order valence-corrected chi connectivity index (χ1v) is 7.16. The van der Waals surface area contributed by atoms with Gasteiger partial charge in [-0.15, -0.1) is 10.2 Å². The largest absolute Gasteiger partial charge is 0.481 e. The van der Waals surface area contributed by atoms with Crippen molar-refractivity contribution >= 4 is 17.7 Å². The van der Waals surface area contributed by atoms with E-state index in [4.69, 9.17) is 0 Å². The Morgan fingerprint density at radius 2 is 2.18 bits per heavy atom. The maximum Gasteiger partial charge on any atom is 0.314 e. The lowest BCUT2D eigenvalue weighted by molar-refractivity contribution is -0.139. The highest BCUT2D eigenvalue weighted by Crippen LogP contribution is 2.35. The van der Waals surface area contributed by atoms with E-state index < -0.39 is 11.9 Å². The molecule has 1 aromatic heterocycles. The van der Waals surface area contributed by atoms with Crippen molar-refractivity contribution in [2.75, 3.05) is 11.5 Å². The number of carboxylic acid groups (broad SMARTS) is 1. The molecule has 3 rings (SSSR count). The predicted octanol–water partition coefficient (Wildman–Crippen LogP) is 1.46. The number of aliphatic carboxylic acids is 1. The molecular weight excluding hydrogens is 238 g/mol. The summed E-state index contributed by atoms with van der Waals surface area (Å²) >= 11 is 1.94. The van der Waals surface area contributed by atoms with Crippen LogP contribution in [0.3, 0.4) is 0 Å². The molecule has 2 aliphatic heterocycles. The summed E-state index contributed by atoms with van der Waals surface area (Å²) in [6, 6.07) is 0. The molecule has 17 heavy (non-hydrogen) atoms. The summed E-state index contributed by atoms with van der Waals surface area (Å²) in [6.45, 7) is 0.878. The van der Waals surface area contributed by atoms with Crippen molar-refractivity contribution in [2.45, 2.75) is 37.6 Å². The third-order valence-electron chi connectivity index (χ3n) is 3.59. The van der Waals surface area contributed by atoms with Gasteiger partial charge >= 0.3 is 5.97 Å². The van der Waals surface area contributed by atoms with Crippen LogP contribution in [0.5, 0.6) is 0 Å². The first-order valence-electron chi connectivity index (χ1n) is 6.01. The Balaban J connectivity index is 1.95. The summed E-state index contributed by atoms with van der Waals surface area (Å²) < 4.78 is 2.05. The van der Waals surface area contributed by atoms with Crippen LogP contribution in [0.4, 0.5) is 0 Å². The van der Waals surface area contributed by atoms with Gasteiger partial charge in [-0.05, 0) is 25.0 Å². The van der Waals surface area contributed by atoms with E-state index in [0.717, 1.165) is 31.0 Å². The van der Waals surface area contributed by atoms with Crippen LogP contribution >= 0.6 is 11.8 Å². The summed E-state index contributed by atoms with van der Waals surface area (Å²) in [6.07, 6.45) is 2.74. The van der Waals surface area contributed by atoms with Crippen LogP contribution in [0.1, 0.15) is 42.7 Å². The van der Waals surface area contributed by atoms with E-state index in [1.54, 1.807) is 0 Å². The van der Waals surface area contributed by atoms with Gasteiger partial charge in [0, 0.05) is 18.2 Å². The Morgan fingerprint density at radius 3 is 2.88 bits per heavy atom. The lowest BCUT2D eigenvalue weighted by atomic mass is 9.98. The third kappa shape index (κ3) is 1.84. The molecule has 0 saturated carbocycles. The van der Waals surface area contributed by atoms with Crippen molar-refractivity contribution in [2.24, 2.45) is 0 Å². The number of hydrogen-bond acceptors (Lipinski definition) is 4. The Bertz CT molecular complexity index is 440. The molecule has 5 nitrogen and oxygen atoms in total. The van der Waals surface area contributed by atoms with E-state index in [9.17, 15) is 9.90 Å². The van der Waals surface area contributed by atoms with Gasteiger partial charge in [-0.2, -0.15) is 11.8 Å². The monoisotopic (exact) mass is 253 g/mol. The molecule has 1 fully saturated rings. The predicted molar refractivity (Wildman–Crippen MR) is 64.3 cm³/mol. The zero-order valence-electron chi connectivity index (χ0n) is 9.50. The Hall–Kier alpha value is -1.04. The second-order valence-electron chi connectivity index (χ2n) is 4.66. The number of hydrogen-bond donors (Lipinski definition) is 1. The van der Waals surface area contributed by atoms with Gasteiger partial charge in [0.25, 0.3) is 0 Å². The quantitative estimate of drug-likeness (QED) is 0.864. The fourth-order valence-electron chi connectivity index (χ4n) is 2.67. The lowest BCUT2D eigenvalue weighted by Crippen LogP contribution is -2.24. The molecule has 3 heterocycles. The minimum Gasteiger partial charge on any atom is -0.481 e. The van der Waals surface area contributed by atoms with Gasteiger partial charge in [-0.3, -0.25) is 4.79 Å². The minimum atomic E-state index is -0.773. The van der Waals surface area contributed by atoms with Crippen LogP contribution in [0.25, 0.3) is 0 Å². The Morgan fingerprint density at radius 1 is 1.35 bits per heavy atom. The van der Waals surface area contributed by atoms with Crippen LogP contribution in [-0.4, -0.2) is 37.3 Å². The number of nitrogens with zero attached hydrogens (tertiary/aromatic N) is 3. The molecule has 92 valence electrons. The zero-order valence-corrected chi connectivity index (χ0v) is 10.3. The van der Waals surface area contributed by atoms with E-state index in [0.29, 0.717) is 18.2 Å². The lowest BCUT2D eigenvalue weighted by Gasteiger charge is -2.21. The Labute approximate surface area is 104 Å². The molecule has 0 radical (unpaired) electrons. The molecule has 6 heteroatoms. The SMILES string of the molecule is O=C(O)C1CCCn2c(C3CCSC3)nnc21. The number of fused-ring (bicyclic) bond motifs is 1. The number of rotatable bonds is 2. The van der Waals surface area contributed by atoms with Gasteiger partial charge in [-0.1, -0.05) is 0 Å². The van der Waals surface area contributed by atoms with Crippen molar-refractivity contribution in [3.63, 3.8) is 0 Å². The molecule has 2 aliphatic rings. The standard InChI is InChI=1S/C11H15N3O2S/c15-11(16)8-2-1-4-14-9(12-13-10(8)14)7-3-5-17-6-7/h7-8H,1-6H2,(H,15,16). The van der Waals surface area contributed by atoms with Crippen LogP contribution in [0.2, 0.25) is 0 Å². The minimum absolute atomic E-state index is 0.459. The van der Waals surface area contributed by atoms with Gasteiger partial charge in [0.15, 0.2) is 0 Å². The summed E-state index contributed by atoms with van der Waals surface area (Å²) in [5.41, 5.74) is 0. The molecule has 1 aromatic rings. The fraction of sp³-hybridized carbons (Fsp3) is 0.727. The smallest absolute Gasteiger partial charge is 0.314 e. The summed E-state index contributed by atoms with van der Waals surface area (Å²) in [5, 5.41) is 17.5. The van der Waals surface area contributed by atoms with E-state index in [-0.39, 0.29) is 0 Å². The van der Waals surface area contributed by atoms with Gasteiger partial charge in [-0.25, -0.2) is 0 Å². The molecule has 1 N–H and O–H groups in total. The molecule has 2 atom stereocenters. The van der Waals surface area contributed by atoms with Crippen LogP contribution in [-0.2, 0) is 11.3 Å². The van der Waals surface area contributed by atoms with Crippen LogP contribution in [0.15, 0.2) is 0 Å². The number of aromatic nitrogens is 3. The topological polar surface area (TPSA) is 68.0 Å². The molecule has 0 aliphatic carbocycles. The van der Waals surface area contributed by atoms with Crippen molar-refractivity contribution < 1.29 is 9.90 Å². The number of carboxylic acids is 1. The van der Waals surface area contributed by atoms with Crippen LogP contribution < -0.4 is 0 Å². The maximum atomic E-state index is 11.2. The molecule has 0 bridgehead atoms. The normalized spacial score (nSPS) is 28.0. The summed E-state index contributed by atoms with van der Waals surface area (Å²) in [4.78, 5) is 11.2. The molecule has 0 spiro atoms. The van der Waals surface area contributed by atoms with E-state index in [1.165, 1.54) is 5.75 Å². The molecule has 0 aromatic carbocycles. The summed E-state index contributed by atoms with van der Waals surface area (Å²) in [5.74, 6) is 3.18. The van der Waals surface area contributed by atoms with Crippen molar-refractivity contribution in [1.29, 1.82) is 0 Å². The van der Waals surface area contributed by atoms with Crippen molar-refractivity contribution in [3.05, 3.63) is 11.6 Å². The first-order chi connectivity index (χ1) is 8.27. The highest BCUT2D eigenvalue weighted by atomic mass is 32.2. The number of carbonyl (C=O) groups is 1. The Kier molecular flexibility index (Phi) is 2.82. The van der Waals surface area contributed by atoms with E-state index >= 15 is 0 Å². The molecule has 0 amide bonds. The number of thioether (sulfide) groups is 1. The second kappa shape index (κ2) is 4.33. The third-order valence-corrected chi connectivity index (χ3v) is 4.75. The average Bonchev–Trinajstić information content (AvgIpc) is 2.96. The van der Waals surface area contributed by atoms with Gasteiger partial charge in [0.05, 0.1) is 0 Å². The summed E-state index contributed by atoms with van der Waals surface area (Å²) in [7, 11) is 0. The van der Waals surface area contributed by atoms with Crippen molar-refractivity contribution in [1.82, 2.24) is 14.8 Å².